The molecule has 2 aromatic heterocycles. The number of nitrogens with zero attached hydrogens (tertiary/aromatic N) is 3. The second-order valence-electron chi connectivity index (χ2n) is 5.88. The summed E-state index contributed by atoms with van der Waals surface area (Å²) in [5, 5.41) is 0.641. The Morgan fingerprint density at radius 2 is 1.70 bits per heavy atom. The van der Waals surface area contributed by atoms with E-state index in [4.69, 9.17) is 36.0 Å². The van der Waals surface area contributed by atoms with Crippen molar-refractivity contribution in [3.63, 3.8) is 0 Å². The number of rotatable bonds is 9. The van der Waals surface area contributed by atoms with Gasteiger partial charge in [-0.3, -0.25) is 8.97 Å². The molecule has 0 saturated heterocycles. The summed E-state index contributed by atoms with van der Waals surface area (Å²) >= 11 is 16.9. The Labute approximate surface area is 153 Å². The fourth-order valence-electron chi connectivity index (χ4n) is 2.68. The number of hydrogen-bond donors (Lipinski definition) is 0. The van der Waals surface area contributed by atoms with Crippen LogP contribution in [0.15, 0.2) is 18.3 Å². The van der Waals surface area contributed by atoms with Gasteiger partial charge in [-0.2, -0.15) is 0 Å². The van der Waals surface area contributed by atoms with Crippen LogP contribution in [0.2, 0.25) is 5.02 Å². The normalized spacial score (nSPS) is 11.2. The molecule has 0 aliphatic rings. The molecule has 0 N–H and O–H groups in total. The fraction of sp³-hybridized carbons (Fsp3) is 0.588. The van der Waals surface area contributed by atoms with Gasteiger partial charge in [0.1, 0.15) is 5.65 Å². The molecule has 2 heterocycles. The zero-order valence-corrected chi connectivity index (χ0v) is 16.0. The minimum absolute atomic E-state index is 0.542. The summed E-state index contributed by atoms with van der Waals surface area (Å²) in [6.45, 7) is 3.09. The second-order valence-corrected chi connectivity index (χ2v) is 7.04. The van der Waals surface area contributed by atoms with Crippen LogP contribution in [0.4, 0.5) is 0 Å². The third-order valence-corrected chi connectivity index (χ3v) is 4.97. The molecule has 0 aliphatic heterocycles. The molecule has 0 fully saturated rings. The van der Waals surface area contributed by atoms with Gasteiger partial charge >= 0.3 is 0 Å². The van der Waals surface area contributed by atoms with Gasteiger partial charge in [-0.05, 0) is 36.9 Å². The molecule has 3 nitrogen and oxygen atoms in total. The Bertz CT molecular complexity index is 752. The Kier molecular flexibility index (Phi) is 7.66. The summed E-state index contributed by atoms with van der Waals surface area (Å²) < 4.78 is 5.05. The van der Waals surface area contributed by atoms with Crippen LogP contribution >= 0.6 is 36.0 Å². The summed E-state index contributed by atoms with van der Waals surface area (Å²) in [4.78, 5) is 4.44. The number of fused-ring (bicyclic) bond motifs is 1. The van der Waals surface area contributed by atoms with E-state index >= 15 is 0 Å². The maximum absolute atomic E-state index is 6.00. The van der Waals surface area contributed by atoms with Crippen molar-refractivity contribution in [3.05, 3.63) is 32.9 Å². The Morgan fingerprint density at radius 3 is 2.39 bits per heavy atom. The zero-order chi connectivity index (χ0) is 16.7. The van der Waals surface area contributed by atoms with Gasteiger partial charge in [-0.1, -0.05) is 63.5 Å². The van der Waals surface area contributed by atoms with Gasteiger partial charge in [-0.25, -0.2) is 4.98 Å². The highest BCUT2D eigenvalue weighted by Gasteiger charge is 2.03. The summed E-state index contributed by atoms with van der Waals surface area (Å²) in [7, 11) is 0. The maximum Gasteiger partial charge on any atom is 0.203 e. The zero-order valence-electron chi connectivity index (χ0n) is 13.6. The molecule has 0 unspecified atom stereocenters. The number of unbranched alkanes of at least 4 members (excludes halogenated alkanes) is 7. The van der Waals surface area contributed by atoms with E-state index in [1.165, 1.54) is 44.9 Å². The fourth-order valence-corrected chi connectivity index (χ4v) is 3.49. The second kappa shape index (κ2) is 9.50. The van der Waals surface area contributed by atoms with Crippen LogP contribution in [-0.2, 0) is 6.54 Å². The Hall–Kier alpha value is -0.780. The van der Waals surface area contributed by atoms with Crippen LogP contribution in [0.5, 0.6) is 0 Å². The Morgan fingerprint density at radius 1 is 1.04 bits per heavy atom. The molecule has 0 radical (unpaired) electrons. The van der Waals surface area contributed by atoms with Gasteiger partial charge in [0.15, 0.2) is 4.77 Å². The quantitative estimate of drug-likeness (QED) is 0.377. The van der Waals surface area contributed by atoms with Crippen LogP contribution in [0.1, 0.15) is 58.3 Å². The minimum Gasteiger partial charge on any atom is -0.293 e. The van der Waals surface area contributed by atoms with Crippen LogP contribution in [0, 0.1) is 9.54 Å². The molecular formula is C17H24ClN3S2. The molecular weight excluding hydrogens is 346 g/mol. The first kappa shape index (κ1) is 18.6. The summed E-state index contributed by atoms with van der Waals surface area (Å²) in [6.07, 6.45) is 12.2. The van der Waals surface area contributed by atoms with Crippen LogP contribution in [0.25, 0.3) is 5.65 Å². The largest absolute Gasteiger partial charge is 0.293 e. The van der Waals surface area contributed by atoms with E-state index in [9.17, 15) is 0 Å². The molecule has 0 aliphatic carbocycles. The predicted octanol–water partition coefficient (Wildman–Crippen LogP) is 6.39. The van der Waals surface area contributed by atoms with E-state index in [-0.39, 0.29) is 0 Å². The highest BCUT2D eigenvalue weighted by molar-refractivity contribution is 7.72. The van der Waals surface area contributed by atoms with Gasteiger partial charge in [0.2, 0.25) is 4.77 Å². The van der Waals surface area contributed by atoms with Crippen molar-refractivity contribution in [1.82, 2.24) is 14.0 Å². The molecule has 126 valence electrons. The smallest absolute Gasteiger partial charge is 0.203 e. The number of aromatic nitrogens is 3. The highest BCUT2D eigenvalue weighted by Crippen LogP contribution is 2.13. The summed E-state index contributed by atoms with van der Waals surface area (Å²) in [5.74, 6) is 0. The lowest BCUT2D eigenvalue weighted by molar-refractivity contribution is 0.529. The molecule has 0 amide bonds. The van der Waals surface area contributed by atoms with Crippen LogP contribution < -0.4 is 0 Å². The monoisotopic (exact) mass is 369 g/mol. The van der Waals surface area contributed by atoms with E-state index < -0.39 is 0 Å². The topological polar surface area (TPSA) is 22.2 Å². The highest BCUT2D eigenvalue weighted by atomic mass is 35.5. The van der Waals surface area contributed by atoms with Gasteiger partial charge in [-0.15, -0.1) is 0 Å². The van der Waals surface area contributed by atoms with Gasteiger partial charge in [0.25, 0.3) is 0 Å². The summed E-state index contributed by atoms with van der Waals surface area (Å²) in [6, 6.07) is 3.60. The molecule has 2 rings (SSSR count). The van der Waals surface area contributed by atoms with Crippen molar-refractivity contribution in [1.29, 1.82) is 0 Å². The van der Waals surface area contributed by atoms with Gasteiger partial charge in [0.05, 0.1) is 0 Å². The molecule has 2 aromatic rings. The van der Waals surface area contributed by atoms with Crippen LogP contribution in [0.3, 0.4) is 0 Å². The number of halogens is 1. The average Bonchev–Trinajstić information content (AvgIpc) is 2.52. The van der Waals surface area contributed by atoms with Crippen molar-refractivity contribution in [2.24, 2.45) is 0 Å². The number of hydrogen-bond acceptors (Lipinski definition) is 3. The third kappa shape index (κ3) is 5.37. The first-order valence-electron chi connectivity index (χ1n) is 8.42. The first-order valence-corrected chi connectivity index (χ1v) is 9.61. The first-order chi connectivity index (χ1) is 11.1. The van der Waals surface area contributed by atoms with Crippen molar-refractivity contribution < 1.29 is 0 Å². The lowest BCUT2D eigenvalue weighted by Crippen LogP contribution is -2.09. The molecule has 0 spiro atoms. The van der Waals surface area contributed by atoms with Crippen molar-refractivity contribution in [2.45, 2.75) is 64.8 Å². The molecule has 6 heteroatoms. The molecule has 0 saturated carbocycles. The van der Waals surface area contributed by atoms with Crippen molar-refractivity contribution >= 4 is 41.7 Å². The molecule has 23 heavy (non-hydrogen) atoms. The Balaban J connectivity index is 1.92. The maximum atomic E-state index is 6.00. The molecule has 0 bridgehead atoms. The standard InChI is InChI=1S/C17H24ClN3S2/c1-2-3-4-5-6-7-8-9-11-21-16(22)19-15-13-14(18)10-12-20(15)17(21)23/h10,12-13H,2-9,11H2,1H3. The van der Waals surface area contributed by atoms with E-state index in [0.717, 1.165) is 13.0 Å². The van der Waals surface area contributed by atoms with Gasteiger partial charge in [0, 0.05) is 23.8 Å². The van der Waals surface area contributed by atoms with Gasteiger partial charge < -0.3 is 0 Å². The molecule has 0 aromatic carbocycles. The summed E-state index contributed by atoms with van der Waals surface area (Å²) in [5.41, 5.74) is 0.708. The molecule has 0 atom stereocenters. The average molecular weight is 370 g/mol. The van der Waals surface area contributed by atoms with E-state index in [1.54, 1.807) is 6.07 Å². The van der Waals surface area contributed by atoms with Crippen molar-refractivity contribution in [2.75, 3.05) is 0 Å². The van der Waals surface area contributed by atoms with E-state index in [1.807, 2.05) is 21.2 Å². The van der Waals surface area contributed by atoms with E-state index in [2.05, 4.69) is 11.9 Å². The van der Waals surface area contributed by atoms with Crippen LogP contribution in [-0.4, -0.2) is 14.0 Å². The minimum atomic E-state index is 0.542. The third-order valence-electron chi connectivity index (χ3n) is 4.01. The lowest BCUT2D eigenvalue weighted by atomic mass is 10.1. The lowest BCUT2D eigenvalue weighted by Gasteiger charge is -2.10. The SMILES string of the molecule is CCCCCCCCCCn1c(=S)nc2cc(Cl)ccn2c1=S. The number of pyridine rings is 1. The van der Waals surface area contributed by atoms with Crippen molar-refractivity contribution in [3.8, 4) is 0 Å². The van der Waals surface area contributed by atoms with E-state index in [0.29, 0.717) is 20.2 Å². The predicted molar refractivity (Wildman–Crippen MR) is 102 cm³/mol.